The molecular weight excluding hydrogens is 460 g/mol. The predicted molar refractivity (Wildman–Crippen MR) is 132 cm³/mol. The first-order valence-electron chi connectivity index (χ1n) is 12.6. The number of nitrogens with zero attached hydrogens (tertiary/aromatic N) is 2. The monoisotopic (exact) mass is 489 g/mol. The standard InChI is InChI=1S/C29H29F2N3O2/c30-22-6-8-23(9-7-22)34-26-14-21-11-13-28(36,29(21,20-4-5-20)16-19(26)17-33-34)12-10-18-2-1-3-25(31)24(18)15-27(32)35/h1-3,6-9,14,17,20,36H,4-5,10-13,15-16H2,(H2,32,35)/t28-,29+/m0/s1. The summed E-state index contributed by atoms with van der Waals surface area (Å²) in [7, 11) is 0. The van der Waals surface area contributed by atoms with Gasteiger partial charge in [0.1, 0.15) is 11.6 Å². The molecule has 1 aromatic heterocycles. The van der Waals surface area contributed by atoms with Crippen LogP contribution in [0.25, 0.3) is 11.8 Å². The number of carbonyl (C=O) groups is 1. The summed E-state index contributed by atoms with van der Waals surface area (Å²) in [5.41, 5.74) is 9.24. The zero-order valence-electron chi connectivity index (χ0n) is 20.0. The van der Waals surface area contributed by atoms with Gasteiger partial charge in [-0.15, -0.1) is 0 Å². The van der Waals surface area contributed by atoms with E-state index in [9.17, 15) is 18.7 Å². The Kier molecular flexibility index (Phi) is 5.37. The van der Waals surface area contributed by atoms with Crippen LogP contribution in [0.15, 0.2) is 54.2 Å². The molecule has 0 spiro atoms. The fourth-order valence-corrected chi connectivity index (χ4v) is 6.76. The van der Waals surface area contributed by atoms with Crippen LogP contribution >= 0.6 is 0 Å². The second-order valence-electron chi connectivity index (χ2n) is 10.6. The number of rotatable bonds is 7. The van der Waals surface area contributed by atoms with Gasteiger partial charge in [-0.05, 0) is 98.4 Å². The summed E-state index contributed by atoms with van der Waals surface area (Å²) in [6, 6.07) is 11.1. The van der Waals surface area contributed by atoms with Crippen molar-refractivity contribution in [3.8, 4) is 5.69 Å². The third-order valence-corrected chi connectivity index (χ3v) is 8.60. The van der Waals surface area contributed by atoms with E-state index in [0.29, 0.717) is 37.2 Å². The van der Waals surface area contributed by atoms with Crippen LogP contribution in [-0.4, -0.2) is 26.4 Å². The van der Waals surface area contributed by atoms with Crippen LogP contribution in [0, 0.1) is 23.0 Å². The molecule has 2 atom stereocenters. The Morgan fingerprint density at radius 3 is 2.67 bits per heavy atom. The third-order valence-electron chi connectivity index (χ3n) is 8.60. The van der Waals surface area contributed by atoms with E-state index in [4.69, 9.17) is 5.73 Å². The molecule has 5 nitrogen and oxygen atoms in total. The second kappa shape index (κ2) is 8.37. The van der Waals surface area contributed by atoms with E-state index in [0.717, 1.165) is 41.8 Å². The first-order chi connectivity index (χ1) is 17.3. The Morgan fingerprint density at radius 1 is 1.17 bits per heavy atom. The van der Waals surface area contributed by atoms with E-state index in [1.165, 1.54) is 23.8 Å². The van der Waals surface area contributed by atoms with Crippen LogP contribution in [0.5, 0.6) is 0 Å². The summed E-state index contributed by atoms with van der Waals surface area (Å²) in [6.45, 7) is 0. The van der Waals surface area contributed by atoms with Crippen molar-refractivity contribution in [1.29, 1.82) is 0 Å². The molecule has 6 rings (SSSR count). The zero-order chi connectivity index (χ0) is 25.1. The number of hydrogen-bond acceptors (Lipinski definition) is 3. The number of hydrogen-bond donors (Lipinski definition) is 2. The van der Waals surface area contributed by atoms with Crippen molar-refractivity contribution in [3.63, 3.8) is 0 Å². The number of fused-ring (bicyclic) bond motifs is 2. The molecule has 0 unspecified atom stereocenters. The van der Waals surface area contributed by atoms with E-state index in [-0.39, 0.29) is 17.7 Å². The van der Waals surface area contributed by atoms with Gasteiger partial charge in [0.2, 0.25) is 5.91 Å². The van der Waals surface area contributed by atoms with Crippen molar-refractivity contribution in [2.45, 2.75) is 57.0 Å². The summed E-state index contributed by atoms with van der Waals surface area (Å²) in [4.78, 5) is 11.5. The molecule has 0 saturated heterocycles. The molecule has 1 amide bonds. The number of carbonyl (C=O) groups excluding carboxylic acids is 1. The maximum absolute atomic E-state index is 14.5. The van der Waals surface area contributed by atoms with Crippen LogP contribution in [0.4, 0.5) is 8.78 Å². The number of aromatic nitrogens is 2. The molecule has 3 aliphatic carbocycles. The van der Waals surface area contributed by atoms with Gasteiger partial charge in [0.05, 0.1) is 29.6 Å². The Labute approximate surface area is 208 Å². The van der Waals surface area contributed by atoms with Crippen molar-refractivity contribution in [3.05, 3.63) is 88.3 Å². The molecular formula is C29H29F2N3O2. The lowest BCUT2D eigenvalue weighted by molar-refractivity contribution is -0.117. The summed E-state index contributed by atoms with van der Waals surface area (Å²) in [6.07, 6.45) is 9.15. The maximum atomic E-state index is 14.5. The van der Waals surface area contributed by atoms with Gasteiger partial charge in [0, 0.05) is 11.0 Å². The van der Waals surface area contributed by atoms with Crippen LogP contribution in [0.1, 0.15) is 54.5 Å². The highest BCUT2D eigenvalue weighted by atomic mass is 19.1. The molecule has 36 heavy (non-hydrogen) atoms. The van der Waals surface area contributed by atoms with E-state index >= 15 is 0 Å². The van der Waals surface area contributed by atoms with Crippen molar-refractivity contribution < 1.29 is 18.7 Å². The lowest BCUT2D eigenvalue weighted by atomic mass is 9.61. The molecule has 7 heteroatoms. The molecule has 2 saturated carbocycles. The molecule has 0 radical (unpaired) electrons. The third kappa shape index (κ3) is 3.60. The number of aliphatic hydroxyl groups is 1. The van der Waals surface area contributed by atoms with Crippen molar-refractivity contribution in [1.82, 2.24) is 9.78 Å². The summed E-state index contributed by atoms with van der Waals surface area (Å²) < 4.78 is 29.8. The average molecular weight is 490 g/mol. The lowest BCUT2D eigenvalue weighted by Crippen LogP contribution is -2.49. The SMILES string of the molecule is NC(=O)Cc1c(F)cccc1CC[C@]1(O)CCC2=Cc3c(cnn3-c3ccc(F)cc3)C[C@@]21C1CC1. The van der Waals surface area contributed by atoms with Crippen LogP contribution in [0.3, 0.4) is 0 Å². The molecule has 3 aliphatic rings. The summed E-state index contributed by atoms with van der Waals surface area (Å²) in [5, 5.41) is 16.8. The van der Waals surface area contributed by atoms with Gasteiger partial charge < -0.3 is 10.8 Å². The second-order valence-corrected chi connectivity index (χ2v) is 10.6. The Morgan fingerprint density at radius 2 is 1.94 bits per heavy atom. The number of benzene rings is 2. The van der Waals surface area contributed by atoms with Gasteiger partial charge in [-0.3, -0.25) is 4.79 Å². The van der Waals surface area contributed by atoms with E-state index in [1.54, 1.807) is 18.2 Å². The number of aryl methyl sites for hydroxylation is 1. The number of halogens is 2. The highest BCUT2D eigenvalue weighted by Crippen LogP contribution is 2.66. The molecule has 3 aromatic rings. The van der Waals surface area contributed by atoms with Gasteiger partial charge in [-0.2, -0.15) is 5.10 Å². The Hall–Kier alpha value is -3.32. The molecule has 186 valence electrons. The quantitative estimate of drug-likeness (QED) is 0.506. The summed E-state index contributed by atoms with van der Waals surface area (Å²) in [5.74, 6) is -0.892. The Balaban J connectivity index is 1.33. The minimum Gasteiger partial charge on any atom is -0.389 e. The first-order valence-corrected chi connectivity index (χ1v) is 12.6. The lowest BCUT2D eigenvalue weighted by Gasteiger charge is -2.46. The van der Waals surface area contributed by atoms with Crippen molar-refractivity contribution >= 4 is 12.0 Å². The smallest absolute Gasteiger partial charge is 0.221 e. The molecule has 0 bridgehead atoms. The fourth-order valence-electron chi connectivity index (χ4n) is 6.76. The number of amides is 1. The van der Waals surface area contributed by atoms with Crippen LogP contribution in [-0.2, 0) is 24.1 Å². The predicted octanol–water partition coefficient (Wildman–Crippen LogP) is 4.67. The van der Waals surface area contributed by atoms with E-state index < -0.39 is 17.3 Å². The van der Waals surface area contributed by atoms with Crippen LogP contribution in [0.2, 0.25) is 0 Å². The normalized spacial score (nSPS) is 24.8. The van der Waals surface area contributed by atoms with Gasteiger partial charge in [-0.1, -0.05) is 17.7 Å². The molecule has 3 N–H and O–H groups in total. The highest BCUT2D eigenvalue weighted by Gasteiger charge is 2.63. The zero-order valence-corrected chi connectivity index (χ0v) is 20.0. The highest BCUT2D eigenvalue weighted by molar-refractivity contribution is 5.77. The van der Waals surface area contributed by atoms with Gasteiger partial charge in [-0.25, -0.2) is 13.5 Å². The molecule has 2 aromatic carbocycles. The first kappa shape index (κ1) is 23.1. The number of primary amides is 1. The van der Waals surface area contributed by atoms with Crippen molar-refractivity contribution in [2.75, 3.05) is 0 Å². The van der Waals surface area contributed by atoms with Gasteiger partial charge in [0.15, 0.2) is 0 Å². The average Bonchev–Trinajstić information content (AvgIpc) is 3.57. The molecule has 1 heterocycles. The number of nitrogens with two attached hydrogens (primary N) is 1. The fraction of sp³-hybridized carbons (Fsp3) is 0.379. The van der Waals surface area contributed by atoms with E-state index in [1.807, 2.05) is 16.9 Å². The largest absolute Gasteiger partial charge is 0.389 e. The van der Waals surface area contributed by atoms with Crippen LogP contribution < -0.4 is 5.73 Å². The maximum Gasteiger partial charge on any atom is 0.221 e. The topological polar surface area (TPSA) is 81.1 Å². The minimum absolute atomic E-state index is 0.148. The molecule has 2 fully saturated rings. The van der Waals surface area contributed by atoms with Gasteiger partial charge in [0.25, 0.3) is 0 Å². The summed E-state index contributed by atoms with van der Waals surface area (Å²) >= 11 is 0. The van der Waals surface area contributed by atoms with Crippen molar-refractivity contribution in [2.24, 2.45) is 17.1 Å². The van der Waals surface area contributed by atoms with E-state index in [2.05, 4.69) is 11.2 Å². The molecule has 0 aliphatic heterocycles. The minimum atomic E-state index is -0.939. The van der Waals surface area contributed by atoms with Gasteiger partial charge >= 0.3 is 0 Å². The Bertz CT molecular complexity index is 1380.